The Morgan fingerprint density at radius 1 is 1.29 bits per heavy atom. The lowest BCUT2D eigenvalue weighted by molar-refractivity contribution is 0.141. The van der Waals surface area contributed by atoms with Crippen LogP contribution in [0.1, 0.15) is 24.7 Å². The molecule has 2 heterocycles. The molecule has 1 aliphatic rings. The van der Waals surface area contributed by atoms with Crippen LogP contribution in [0.15, 0.2) is 30.3 Å². The third kappa shape index (κ3) is 3.17. The standard InChI is InChI=1S/C17H23N3O/c1-2-21-12-6-11-20-16-9-10-18-13-15(16)19-17(20)14-7-4-3-5-8-14/h3-5,7-8,18H,2,6,9-13H2,1H3. The Balaban J connectivity index is 1.89. The van der Waals surface area contributed by atoms with Crippen molar-refractivity contribution in [3.05, 3.63) is 41.7 Å². The minimum atomic E-state index is 0.789. The highest BCUT2D eigenvalue weighted by Crippen LogP contribution is 2.24. The van der Waals surface area contributed by atoms with E-state index in [2.05, 4.69) is 34.1 Å². The van der Waals surface area contributed by atoms with Crippen LogP contribution in [0.2, 0.25) is 0 Å². The molecular formula is C17H23N3O. The number of nitrogens with zero attached hydrogens (tertiary/aromatic N) is 2. The molecule has 112 valence electrons. The molecule has 1 aromatic carbocycles. The van der Waals surface area contributed by atoms with Crippen LogP contribution in [0.5, 0.6) is 0 Å². The maximum atomic E-state index is 5.48. The molecule has 4 nitrogen and oxygen atoms in total. The molecule has 0 unspecified atom stereocenters. The van der Waals surface area contributed by atoms with Gasteiger partial charge in [0.05, 0.1) is 5.69 Å². The van der Waals surface area contributed by atoms with Gasteiger partial charge in [-0.3, -0.25) is 0 Å². The second-order valence-electron chi connectivity index (χ2n) is 5.32. The fraction of sp³-hybridized carbons (Fsp3) is 0.471. The molecular weight excluding hydrogens is 262 g/mol. The first-order valence-electron chi connectivity index (χ1n) is 7.82. The molecule has 3 rings (SSSR count). The molecule has 0 saturated heterocycles. The number of imidazole rings is 1. The van der Waals surface area contributed by atoms with E-state index < -0.39 is 0 Å². The van der Waals surface area contributed by atoms with Crippen molar-refractivity contribution in [2.24, 2.45) is 0 Å². The van der Waals surface area contributed by atoms with Gasteiger partial charge in [-0.25, -0.2) is 4.98 Å². The van der Waals surface area contributed by atoms with E-state index in [1.165, 1.54) is 17.0 Å². The summed E-state index contributed by atoms with van der Waals surface area (Å²) in [6.45, 7) is 6.55. The summed E-state index contributed by atoms with van der Waals surface area (Å²) < 4.78 is 7.87. The highest BCUT2D eigenvalue weighted by molar-refractivity contribution is 5.57. The van der Waals surface area contributed by atoms with Crippen molar-refractivity contribution in [1.82, 2.24) is 14.9 Å². The molecule has 0 radical (unpaired) electrons. The molecule has 0 atom stereocenters. The van der Waals surface area contributed by atoms with Crippen molar-refractivity contribution in [3.63, 3.8) is 0 Å². The molecule has 0 fully saturated rings. The molecule has 1 aromatic heterocycles. The fourth-order valence-electron chi connectivity index (χ4n) is 2.89. The number of ether oxygens (including phenoxy) is 1. The van der Waals surface area contributed by atoms with Crippen LogP contribution in [-0.4, -0.2) is 29.3 Å². The Hall–Kier alpha value is -1.65. The minimum Gasteiger partial charge on any atom is -0.382 e. The van der Waals surface area contributed by atoms with Crippen LogP contribution >= 0.6 is 0 Å². The summed E-state index contributed by atoms with van der Waals surface area (Å²) in [7, 11) is 0. The normalized spacial score (nSPS) is 14.1. The molecule has 4 heteroatoms. The van der Waals surface area contributed by atoms with E-state index in [-0.39, 0.29) is 0 Å². The summed E-state index contributed by atoms with van der Waals surface area (Å²) in [5.41, 5.74) is 3.80. The molecule has 1 N–H and O–H groups in total. The Morgan fingerprint density at radius 2 is 2.14 bits per heavy atom. The van der Waals surface area contributed by atoms with Crippen LogP contribution in [0, 0.1) is 0 Å². The van der Waals surface area contributed by atoms with Gasteiger partial charge in [-0.05, 0) is 13.3 Å². The Morgan fingerprint density at radius 3 is 2.95 bits per heavy atom. The third-order valence-corrected chi connectivity index (χ3v) is 3.89. The van der Waals surface area contributed by atoms with Gasteiger partial charge in [0, 0.05) is 50.5 Å². The molecule has 0 bridgehead atoms. The number of aromatic nitrogens is 2. The summed E-state index contributed by atoms with van der Waals surface area (Å²) in [5.74, 6) is 1.10. The van der Waals surface area contributed by atoms with E-state index >= 15 is 0 Å². The number of rotatable bonds is 6. The van der Waals surface area contributed by atoms with E-state index in [0.29, 0.717) is 0 Å². The fourth-order valence-corrected chi connectivity index (χ4v) is 2.89. The van der Waals surface area contributed by atoms with Gasteiger partial charge in [0.2, 0.25) is 0 Å². The van der Waals surface area contributed by atoms with Gasteiger partial charge in [-0.15, -0.1) is 0 Å². The van der Waals surface area contributed by atoms with Crippen LogP contribution < -0.4 is 5.32 Å². The zero-order chi connectivity index (χ0) is 14.5. The number of benzene rings is 1. The Kier molecular flexibility index (Phi) is 4.68. The monoisotopic (exact) mass is 285 g/mol. The second-order valence-corrected chi connectivity index (χ2v) is 5.32. The van der Waals surface area contributed by atoms with Gasteiger partial charge in [-0.2, -0.15) is 0 Å². The van der Waals surface area contributed by atoms with E-state index in [4.69, 9.17) is 9.72 Å². The van der Waals surface area contributed by atoms with Crippen molar-refractivity contribution < 1.29 is 4.74 Å². The average molecular weight is 285 g/mol. The third-order valence-electron chi connectivity index (χ3n) is 3.89. The molecule has 0 amide bonds. The lowest BCUT2D eigenvalue weighted by Crippen LogP contribution is -2.25. The lowest BCUT2D eigenvalue weighted by Gasteiger charge is -2.16. The van der Waals surface area contributed by atoms with Crippen LogP contribution in [0.3, 0.4) is 0 Å². The van der Waals surface area contributed by atoms with Crippen molar-refractivity contribution in [2.75, 3.05) is 19.8 Å². The number of nitrogens with one attached hydrogen (secondary N) is 1. The summed E-state index contributed by atoms with van der Waals surface area (Å²) in [5, 5.41) is 3.41. The van der Waals surface area contributed by atoms with Crippen molar-refractivity contribution in [3.8, 4) is 11.4 Å². The molecule has 0 aliphatic carbocycles. The van der Waals surface area contributed by atoms with Crippen molar-refractivity contribution in [2.45, 2.75) is 32.9 Å². The highest BCUT2D eigenvalue weighted by atomic mass is 16.5. The molecule has 1 aliphatic heterocycles. The highest BCUT2D eigenvalue weighted by Gasteiger charge is 2.20. The van der Waals surface area contributed by atoms with Gasteiger partial charge in [0.25, 0.3) is 0 Å². The van der Waals surface area contributed by atoms with Crippen molar-refractivity contribution in [1.29, 1.82) is 0 Å². The predicted molar refractivity (Wildman–Crippen MR) is 84.2 cm³/mol. The SMILES string of the molecule is CCOCCCn1c(-c2ccccc2)nc2c1CCNC2. The quantitative estimate of drug-likeness (QED) is 0.829. The first-order chi connectivity index (χ1) is 10.4. The molecule has 0 saturated carbocycles. The second kappa shape index (κ2) is 6.87. The zero-order valence-electron chi connectivity index (χ0n) is 12.6. The first kappa shape index (κ1) is 14.3. The van der Waals surface area contributed by atoms with Crippen LogP contribution in [0.25, 0.3) is 11.4 Å². The molecule has 0 spiro atoms. The first-order valence-corrected chi connectivity index (χ1v) is 7.82. The summed E-state index contributed by atoms with van der Waals surface area (Å²) >= 11 is 0. The topological polar surface area (TPSA) is 39.1 Å². The predicted octanol–water partition coefficient (Wildman–Crippen LogP) is 2.62. The maximum Gasteiger partial charge on any atom is 0.140 e. The summed E-state index contributed by atoms with van der Waals surface area (Å²) in [6, 6.07) is 10.5. The van der Waals surface area contributed by atoms with E-state index in [1.54, 1.807) is 0 Å². The van der Waals surface area contributed by atoms with Crippen molar-refractivity contribution >= 4 is 0 Å². The largest absolute Gasteiger partial charge is 0.382 e. The maximum absolute atomic E-state index is 5.48. The average Bonchev–Trinajstić information content (AvgIpc) is 2.91. The van der Waals surface area contributed by atoms with Crippen LogP contribution in [0.4, 0.5) is 0 Å². The van der Waals surface area contributed by atoms with Gasteiger partial charge >= 0.3 is 0 Å². The Labute approximate surface area is 126 Å². The number of hydrogen-bond acceptors (Lipinski definition) is 3. The smallest absolute Gasteiger partial charge is 0.140 e. The van der Waals surface area contributed by atoms with Crippen LogP contribution in [-0.2, 0) is 24.2 Å². The zero-order valence-corrected chi connectivity index (χ0v) is 12.6. The molecule has 21 heavy (non-hydrogen) atoms. The van der Waals surface area contributed by atoms with E-state index in [1.807, 2.05) is 13.0 Å². The summed E-state index contributed by atoms with van der Waals surface area (Å²) in [4.78, 5) is 4.88. The van der Waals surface area contributed by atoms with E-state index in [9.17, 15) is 0 Å². The van der Waals surface area contributed by atoms with Gasteiger partial charge in [0.1, 0.15) is 5.82 Å². The minimum absolute atomic E-state index is 0.789. The van der Waals surface area contributed by atoms with Gasteiger partial charge < -0.3 is 14.6 Å². The van der Waals surface area contributed by atoms with E-state index in [0.717, 1.165) is 51.5 Å². The Bertz CT molecular complexity index is 577. The number of fused-ring (bicyclic) bond motifs is 1. The van der Waals surface area contributed by atoms with Gasteiger partial charge in [-0.1, -0.05) is 30.3 Å². The molecule has 2 aromatic rings. The van der Waals surface area contributed by atoms with Gasteiger partial charge in [0.15, 0.2) is 0 Å². The summed E-state index contributed by atoms with van der Waals surface area (Å²) in [6.07, 6.45) is 2.09. The number of hydrogen-bond donors (Lipinski definition) is 1. The lowest BCUT2D eigenvalue weighted by atomic mass is 10.2.